The van der Waals surface area contributed by atoms with Crippen LogP contribution < -0.4 is 10.6 Å². The molecule has 1 saturated heterocycles. The molecule has 3 nitrogen and oxygen atoms in total. The molecule has 1 aromatic carbocycles. The molecule has 5 heteroatoms. The molecule has 0 radical (unpaired) electrons. The van der Waals surface area contributed by atoms with Crippen molar-refractivity contribution in [3.63, 3.8) is 0 Å². The number of hydrogen-bond donors (Lipinski definition) is 2. The third-order valence-corrected chi connectivity index (χ3v) is 2.53. The molecular formula is C11H14ClFN2O. The molecule has 1 aliphatic heterocycles. The molecule has 1 aliphatic rings. The Kier molecular flexibility index (Phi) is 4.71. The predicted octanol–water partition coefficient (Wildman–Crippen LogP) is 1.08. The van der Waals surface area contributed by atoms with Crippen molar-refractivity contribution in [2.24, 2.45) is 5.92 Å². The molecule has 16 heavy (non-hydrogen) atoms. The summed E-state index contributed by atoms with van der Waals surface area (Å²) in [6.45, 7) is 1.99. The molecule has 0 aromatic heterocycles. The lowest BCUT2D eigenvalue weighted by Crippen LogP contribution is -2.50. The molecule has 2 rings (SSSR count). The minimum atomic E-state index is -0.256. The fourth-order valence-electron chi connectivity index (χ4n) is 1.41. The Hall–Kier alpha value is -1.13. The van der Waals surface area contributed by atoms with Crippen molar-refractivity contribution in [2.45, 2.75) is 6.54 Å². The summed E-state index contributed by atoms with van der Waals surface area (Å²) in [7, 11) is 0. The Morgan fingerprint density at radius 3 is 2.50 bits per heavy atom. The molecule has 0 bridgehead atoms. The second-order valence-corrected chi connectivity index (χ2v) is 3.70. The highest BCUT2D eigenvalue weighted by Crippen LogP contribution is 2.05. The molecule has 0 unspecified atom stereocenters. The van der Waals surface area contributed by atoms with Crippen molar-refractivity contribution in [1.82, 2.24) is 10.6 Å². The van der Waals surface area contributed by atoms with Gasteiger partial charge in [-0.3, -0.25) is 4.79 Å². The van der Waals surface area contributed by atoms with Crippen molar-refractivity contribution >= 4 is 18.3 Å². The number of benzene rings is 1. The third-order valence-electron chi connectivity index (χ3n) is 2.53. The lowest BCUT2D eigenvalue weighted by molar-refractivity contribution is -0.126. The van der Waals surface area contributed by atoms with Gasteiger partial charge in [-0.2, -0.15) is 0 Å². The summed E-state index contributed by atoms with van der Waals surface area (Å²) in [6, 6.07) is 6.14. The van der Waals surface area contributed by atoms with Gasteiger partial charge in [0.2, 0.25) is 5.91 Å². The van der Waals surface area contributed by atoms with Gasteiger partial charge in [0.05, 0.1) is 5.92 Å². The first kappa shape index (κ1) is 12.9. The summed E-state index contributed by atoms with van der Waals surface area (Å²) < 4.78 is 12.6. The second-order valence-electron chi connectivity index (χ2n) is 3.70. The van der Waals surface area contributed by atoms with Crippen molar-refractivity contribution < 1.29 is 9.18 Å². The molecule has 0 atom stereocenters. The third kappa shape index (κ3) is 3.18. The van der Waals surface area contributed by atoms with Crippen LogP contribution in [0.25, 0.3) is 0 Å². The van der Waals surface area contributed by atoms with E-state index in [1.54, 1.807) is 12.1 Å². The number of nitrogens with one attached hydrogen (secondary N) is 2. The van der Waals surface area contributed by atoms with Crippen LogP contribution in [0.1, 0.15) is 5.56 Å². The average Bonchev–Trinajstić information content (AvgIpc) is 2.14. The molecule has 0 saturated carbocycles. The lowest BCUT2D eigenvalue weighted by Gasteiger charge is -2.25. The molecule has 1 heterocycles. The van der Waals surface area contributed by atoms with E-state index >= 15 is 0 Å². The first-order valence-electron chi connectivity index (χ1n) is 4.98. The molecule has 2 N–H and O–H groups in total. The van der Waals surface area contributed by atoms with E-state index in [2.05, 4.69) is 10.6 Å². The number of hydrogen-bond acceptors (Lipinski definition) is 2. The summed E-state index contributed by atoms with van der Waals surface area (Å²) in [5.41, 5.74) is 0.914. The number of halogens is 2. The van der Waals surface area contributed by atoms with Gasteiger partial charge < -0.3 is 10.6 Å². The lowest BCUT2D eigenvalue weighted by atomic mass is 10.0. The minimum Gasteiger partial charge on any atom is -0.352 e. The SMILES string of the molecule is Cl.O=C(NCc1ccc(F)cc1)C1CNC1. The monoisotopic (exact) mass is 244 g/mol. The van der Waals surface area contributed by atoms with Gasteiger partial charge in [0.1, 0.15) is 5.82 Å². The van der Waals surface area contributed by atoms with Crippen LogP contribution in [0, 0.1) is 11.7 Å². The maximum absolute atomic E-state index is 12.6. The van der Waals surface area contributed by atoms with E-state index in [0.717, 1.165) is 18.7 Å². The van der Waals surface area contributed by atoms with Crippen molar-refractivity contribution in [2.75, 3.05) is 13.1 Å². The first-order chi connectivity index (χ1) is 7.25. The van der Waals surface area contributed by atoms with Gasteiger partial charge >= 0.3 is 0 Å². The van der Waals surface area contributed by atoms with Crippen LogP contribution in [0.4, 0.5) is 4.39 Å². The molecule has 1 aromatic rings. The number of amides is 1. The zero-order valence-electron chi connectivity index (χ0n) is 8.70. The molecule has 0 spiro atoms. The molecule has 88 valence electrons. The first-order valence-corrected chi connectivity index (χ1v) is 4.98. The van der Waals surface area contributed by atoms with E-state index in [1.165, 1.54) is 12.1 Å². The summed E-state index contributed by atoms with van der Waals surface area (Å²) >= 11 is 0. The standard InChI is InChI=1S/C11H13FN2O.ClH/c12-10-3-1-8(2-4-10)5-14-11(15)9-6-13-7-9;/h1-4,9,13H,5-7H2,(H,14,15);1H. The van der Waals surface area contributed by atoms with Crippen LogP contribution in [0.2, 0.25) is 0 Å². The number of carbonyl (C=O) groups excluding carboxylic acids is 1. The molecular weight excluding hydrogens is 231 g/mol. The Labute approximate surface area is 99.8 Å². The highest BCUT2D eigenvalue weighted by atomic mass is 35.5. The van der Waals surface area contributed by atoms with E-state index in [4.69, 9.17) is 0 Å². The van der Waals surface area contributed by atoms with Gasteiger partial charge in [-0.15, -0.1) is 12.4 Å². The van der Waals surface area contributed by atoms with Crippen LogP contribution in [0.15, 0.2) is 24.3 Å². The van der Waals surface area contributed by atoms with Crippen molar-refractivity contribution in [3.05, 3.63) is 35.6 Å². The fraction of sp³-hybridized carbons (Fsp3) is 0.364. The van der Waals surface area contributed by atoms with E-state index in [-0.39, 0.29) is 30.0 Å². The van der Waals surface area contributed by atoms with Gasteiger partial charge in [0.25, 0.3) is 0 Å². The quantitative estimate of drug-likeness (QED) is 0.836. The van der Waals surface area contributed by atoms with Gasteiger partial charge in [-0.25, -0.2) is 4.39 Å². The highest BCUT2D eigenvalue weighted by molar-refractivity contribution is 5.85. The normalized spacial score (nSPS) is 14.8. The van der Waals surface area contributed by atoms with E-state index in [9.17, 15) is 9.18 Å². The zero-order valence-corrected chi connectivity index (χ0v) is 9.52. The van der Waals surface area contributed by atoms with E-state index < -0.39 is 0 Å². The second kappa shape index (κ2) is 5.82. The highest BCUT2D eigenvalue weighted by Gasteiger charge is 2.24. The number of rotatable bonds is 3. The number of carbonyl (C=O) groups is 1. The molecule has 1 fully saturated rings. The van der Waals surface area contributed by atoms with E-state index in [1.807, 2.05) is 0 Å². The smallest absolute Gasteiger partial charge is 0.225 e. The van der Waals surface area contributed by atoms with Crippen LogP contribution >= 0.6 is 12.4 Å². The molecule has 0 aliphatic carbocycles. The van der Waals surface area contributed by atoms with Gasteiger partial charge in [0, 0.05) is 19.6 Å². The summed E-state index contributed by atoms with van der Waals surface area (Å²) in [5, 5.41) is 5.86. The Morgan fingerprint density at radius 1 is 1.38 bits per heavy atom. The summed E-state index contributed by atoms with van der Waals surface area (Å²) in [6.07, 6.45) is 0. The van der Waals surface area contributed by atoms with Crippen LogP contribution in [0.3, 0.4) is 0 Å². The van der Waals surface area contributed by atoms with Crippen LogP contribution in [-0.2, 0) is 11.3 Å². The summed E-state index contributed by atoms with van der Waals surface area (Å²) in [4.78, 5) is 11.4. The summed E-state index contributed by atoms with van der Waals surface area (Å²) in [5.74, 6) is -0.0863. The van der Waals surface area contributed by atoms with Gasteiger partial charge in [0.15, 0.2) is 0 Å². The maximum atomic E-state index is 12.6. The average molecular weight is 245 g/mol. The van der Waals surface area contributed by atoms with Crippen LogP contribution in [0.5, 0.6) is 0 Å². The van der Waals surface area contributed by atoms with Crippen molar-refractivity contribution in [1.29, 1.82) is 0 Å². The Bertz CT molecular complexity index is 352. The largest absolute Gasteiger partial charge is 0.352 e. The van der Waals surface area contributed by atoms with E-state index in [0.29, 0.717) is 6.54 Å². The fourth-order valence-corrected chi connectivity index (χ4v) is 1.41. The zero-order chi connectivity index (χ0) is 10.7. The van der Waals surface area contributed by atoms with Crippen molar-refractivity contribution in [3.8, 4) is 0 Å². The van der Waals surface area contributed by atoms with Crippen LogP contribution in [-0.4, -0.2) is 19.0 Å². The predicted molar refractivity (Wildman–Crippen MR) is 61.9 cm³/mol. The van der Waals surface area contributed by atoms with Gasteiger partial charge in [-0.1, -0.05) is 12.1 Å². The Balaban J connectivity index is 0.00000128. The topological polar surface area (TPSA) is 41.1 Å². The van der Waals surface area contributed by atoms with Gasteiger partial charge in [-0.05, 0) is 17.7 Å². The molecule has 1 amide bonds. The Morgan fingerprint density at radius 2 is 2.00 bits per heavy atom. The maximum Gasteiger partial charge on any atom is 0.225 e. The minimum absolute atomic E-state index is 0.